The summed E-state index contributed by atoms with van der Waals surface area (Å²) in [5.41, 5.74) is 1.14. The molecule has 0 aromatic heterocycles. The van der Waals surface area contributed by atoms with Crippen LogP contribution in [0.3, 0.4) is 0 Å². The molecule has 0 aliphatic rings. The molecular weight excluding hydrogens is 214 g/mol. The Bertz CT molecular complexity index is 315. The van der Waals surface area contributed by atoms with Crippen molar-refractivity contribution in [3.63, 3.8) is 0 Å². The van der Waals surface area contributed by atoms with E-state index in [4.69, 9.17) is 9.84 Å². The van der Waals surface area contributed by atoms with Crippen molar-refractivity contribution in [3.8, 4) is 5.75 Å². The molecule has 0 saturated heterocycles. The minimum Gasteiger partial charge on any atom is -0.491 e. The number of rotatable bonds is 8. The van der Waals surface area contributed by atoms with E-state index in [2.05, 4.69) is 25.2 Å². The lowest BCUT2D eigenvalue weighted by Gasteiger charge is -2.15. The summed E-state index contributed by atoms with van der Waals surface area (Å²) in [6.45, 7) is 5.59. The molecule has 0 aliphatic carbocycles. The third-order valence-corrected chi connectivity index (χ3v) is 2.68. The second-order valence-corrected chi connectivity index (χ2v) is 4.25. The van der Waals surface area contributed by atoms with Crippen molar-refractivity contribution in [3.05, 3.63) is 29.8 Å². The summed E-state index contributed by atoms with van der Waals surface area (Å²) in [5, 5.41) is 12.2. The molecular formula is C14H23NO2. The smallest absolute Gasteiger partial charge is 0.123 e. The molecule has 1 unspecified atom stereocenters. The van der Waals surface area contributed by atoms with E-state index in [0.717, 1.165) is 17.9 Å². The Morgan fingerprint density at radius 2 is 2.12 bits per heavy atom. The van der Waals surface area contributed by atoms with Crippen LogP contribution in [0, 0.1) is 0 Å². The van der Waals surface area contributed by atoms with E-state index in [0.29, 0.717) is 12.6 Å². The van der Waals surface area contributed by atoms with Crippen LogP contribution in [0.4, 0.5) is 0 Å². The second-order valence-electron chi connectivity index (χ2n) is 4.25. The molecule has 0 aliphatic heterocycles. The third kappa shape index (κ3) is 5.20. The molecule has 0 radical (unpaired) electrons. The van der Waals surface area contributed by atoms with Gasteiger partial charge < -0.3 is 15.2 Å². The molecule has 0 bridgehead atoms. The van der Waals surface area contributed by atoms with Gasteiger partial charge in [-0.15, -0.1) is 0 Å². The maximum absolute atomic E-state index is 8.77. The van der Waals surface area contributed by atoms with Crippen LogP contribution in [0.5, 0.6) is 5.75 Å². The molecule has 1 atom stereocenters. The van der Waals surface area contributed by atoms with Crippen LogP contribution in [-0.2, 0) is 6.54 Å². The van der Waals surface area contributed by atoms with Gasteiger partial charge in [-0.3, -0.25) is 0 Å². The number of hydrogen-bond donors (Lipinski definition) is 2. The highest BCUT2D eigenvalue weighted by Gasteiger charge is 2.04. The van der Waals surface area contributed by atoms with Crippen molar-refractivity contribution in [2.24, 2.45) is 0 Å². The molecule has 96 valence electrons. The first-order valence-corrected chi connectivity index (χ1v) is 6.32. The number of nitrogens with one attached hydrogen (secondary N) is 1. The summed E-state index contributed by atoms with van der Waals surface area (Å²) in [4.78, 5) is 0. The molecule has 0 heterocycles. The quantitative estimate of drug-likeness (QED) is 0.729. The highest BCUT2D eigenvalue weighted by molar-refractivity contribution is 5.33. The highest BCUT2D eigenvalue weighted by atomic mass is 16.5. The zero-order valence-corrected chi connectivity index (χ0v) is 10.8. The monoisotopic (exact) mass is 237 g/mol. The number of para-hydroxylation sites is 1. The number of aliphatic hydroxyl groups is 1. The Balaban J connectivity index is 2.51. The van der Waals surface area contributed by atoms with Gasteiger partial charge in [-0.1, -0.05) is 31.5 Å². The van der Waals surface area contributed by atoms with E-state index in [9.17, 15) is 0 Å². The topological polar surface area (TPSA) is 41.5 Å². The minimum atomic E-state index is 0.0496. The average Bonchev–Trinajstić information content (AvgIpc) is 2.35. The van der Waals surface area contributed by atoms with Crippen molar-refractivity contribution >= 4 is 0 Å². The van der Waals surface area contributed by atoms with Crippen LogP contribution >= 0.6 is 0 Å². The standard InChI is InChI=1S/C14H23NO2/c1-3-6-12(2)15-11-13-7-4-5-8-14(13)17-10-9-16/h4-5,7-8,12,15-16H,3,6,9-11H2,1-2H3. The summed E-state index contributed by atoms with van der Waals surface area (Å²) in [6.07, 6.45) is 2.37. The summed E-state index contributed by atoms with van der Waals surface area (Å²) >= 11 is 0. The zero-order valence-electron chi connectivity index (χ0n) is 10.8. The fourth-order valence-corrected chi connectivity index (χ4v) is 1.77. The molecule has 0 fully saturated rings. The predicted octanol–water partition coefficient (Wildman–Crippen LogP) is 2.34. The average molecular weight is 237 g/mol. The van der Waals surface area contributed by atoms with Crippen molar-refractivity contribution in [2.45, 2.75) is 39.3 Å². The summed E-state index contributed by atoms with van der Waals surface area (Å²) < 4.78 is 5.49. The lowest BCUT2D eigenvalue weighted by atomic mass is 10.1. The maximum atomic E-state index is 8.77. The third-order valence-electron chi connectivity index (χ3n) is 2.68. The number of aliphatic hydroxyl groups excluding tert-OH is 1. The van der Waals surface area contributed by atoms with Crippen molar-refractivity contribution in [1.29, 1.82) is 0 Å². The molecule has 3 heteroatoms. The van der Waals surface area contributed by atoms with E-state index < -0.39 is 0 Å². The fourth-order valence-electron chi connectivity index (χ4n) is 1.77. The lowest BCUT2D eigenvalue weighted by Crippen LogP contribution is -2.25. The number of ether oxygens (including phenoxy) is 1. The molecule has 1 aromatic carbocycles. The summed E-state index contributed by atoms with van der Waals surface area (Å²) in [5.74, 6) is 0.859. The van der Waals surface area contributed by atoms with Gasteiger partial charge in [-0.05, 0) is 19.4 Å². The van der Waals surface area contributed by atoms with Gasteiger partial charge in [0.05, 0.1) is 6.61 Å². The Labute approximate surface area is 104 Å². The van der Waals surface area contributed by atoms with Crippen LogP contribution in [0.2, 0.25) is 0 Å². The van der Waals surface area contributed by atoms with E-state index in [1.54, 1.807) is 0 Å². The Morgan fingerprint density at radius 1 is 1.35 bits per heavy atom. The molecule has 1 aromatic rings. The molecule has 0 amide bonds. The largest absolute Gasteiger partial charge is 0.491 e. The SMILES string of the molecule is CCCC(C)NCc1ccccc1OCCO. The number of benzene rings is 1. The van der Waals surface area contributed by atoms with E-state index in [1.165, 1.54) is 12.8 Å². The predicted molar refractivity (Wildman–Crippen MR) is 70.2 cm³/mol. The van der Waals surface area contributed by atoms with Crippen molar-refractivity contribution < 1.29 is 9.84 Å². The highest BCUT2D eigenvalue weighted by Crippen LogP contribution is 2.17. The first-order chi connectivity index (χ1) is 8.27. The fraction of sp³-hybridized carbons (Fsp3) is 0.571. The Hall–Kier alpha value is -1.06. The minimum absolute atomic E-state index is 0.0496. The number of hydrogen-bond acceptors (Lipinski definition) is 3. The van der Waals surface area contributed by atoms with Crippen LogP contribution < -0.4 is 10.1 Å². The van der Waals surface area contributed by atoms with Crippen LogP contribution in [-0.4, -0.2) is 24.4 Å². The first-order valence-electron chi connectivity index (χ1n) is 6.32. The van der Waals surface area contributed by atoms with Gasteiger partial charge in [0.2, 0.25) is 0 Å². The molecule has 17 heavy (non-hydrogen) atoms. The van der Waals surface area contributed by atoms with Gasteiger partial charge in [-0.25, -0.2) is 0 Å². The second kappa shape index (κ2) is 8.09. The van der Waals surface area contributed by atoms with Crippen LogP contribution in [0.15, 0.2) is 24.3 Å². The zero-order chi connectivity index (χ0) is 12.5. The maximum Gasteiger partial charge on any atom is 0.123 e. The van der Waals surface area contributed by atoms with E-state index >= 15 is 0 Å². The first kappa shape index (κ1) is 14.0. The Kier molecular flexibility index (Phi) is 6.67. The molecule has 3 nitrogen and oxygen atoms in total. The van der Waals surface area contributed by atoms with Gasteiger partial charge in [-0.2, -0.15) is 0 Å². The molecule has 0 saturated carbocycles. The van der Waals surface area contributed by atoms with Gasteiger partial charge in [0.15, 0.2) is 0 Å². The normalized spacial score (nSPS) is 12.4. The van der Waals surface area contributed by atoms with Gasteiger partial charge in [0.1, 0.15) is 12.4 Å². The van der Waals surface area contributed by atoms with Crippen LogP contribution in [0.25, 0.3) is 0 Å². The lowest BCUT2D eigenvalue weighted by molar-refractivity contribution is 0.200. The van der Waals surface area contributed by atoms with Gasteiger partial charge in [0, 0.05) is 18.2 Å². The van der Waals surface area contributed by atoms with Crippen LogP contribution in [0.1, 0.15) is 32.3 Å². The van der Waals surface area contributed by atoms with Crippen molar-refractivity contribution in [2.75, 3.05) is 13.2 Å². The van der Waals surface area contributed by atoms with Gasteiger partial charge in [0.25, 0.3) is 0 Å². The van der Waals surface area contributed by atoms with E-state index in [1.807, 2.05) is 18.2 Å². The van der Waals surface area contributed by atoms with E-state index in [-0.39, 0.29) is 6.61 Å². The Morgan fingerprint density at radius 3 is 2.82 bits per heavy atom. The molecule has 2 N–H and O–H groups in total. The molecule has 0 spiro atoms. The summed E-state index contributed by atoms with van der Waals surface area (Å²) in [7, 11) is 0. The summed E-state index contributed by atoms with van der Waals surface area (Å²) in [6, 6.07) is 8.47. The van der Waals surface area contributed by atoms with Gasteiger partial charge >= 0.3 is 0 Å². The van der Waals surface area contributed by atoms with Crippen molar-refractivity contribution in [1.82, 2.24) is 5.32 Å². The molecule has 1 rings (SSSR count).